The molecule has 0 aromatic heterocycles. The summed E-state index contributed by atoms with van der Waals surface area (Å²) in [5.74, 6) is -1.61. The Hall–Kier alpha value is -3.74. The van der Waals surface area contributed by atoms with Gasteiger partial charge in [-0.05, 0) is 42.5 Å². The van der Waals surface area contributed by atoms with E-state index in [9.17, 15) is 19.2 Å². The van der Waals surface area contributed by atoms with Crippen molar-refractivity contribution < 1.29 is 23.9 Å². The van der Waals surface area contributed by atoms with Gasteiger partial charge in [0.05, 0.1) is 23.4 Å². The minimum atomic E-state index is -0.586. The van der Waals surface area contributed by atoms with Crippen molar-refractivity contribution in [3.8, 4) is 5.75 Å². The molecule has 7 heteroatoms. The summed E-state index contributed by atoms with van der Waals surface area (Å²) >= 11 is 0. The van der Waals surface area contributed by atoms with Crippen LogP contribution in [-0.2, 0) is 19.2 Å². The first-order valence-electron chi connectivity index (χ1n) is 11.2. The first-order valence-corrected chi connectivity index (χ1v) is 11.2. The van der Waals surface area contributed by atoms with Crippen LogP contribution in [0.3, 0.4) is 0 Å². The molecule has 6 rings (SSSR count). The number of amides is 3. The third-order valence-corrected chi connectivity index (χ3v) is 7.29. The molecule has 3 amide bonds. The SMILES string of the molecule is O=C(Oc1cccc(N2C(=O)[C@@H]3[C@@H](C2=O)[C@H]2C=C[C@@H]3C2)c1)[C@@H]1CC(=O)N(c2ccccc2)C1. The summed E-state index contributed by atoms with van der Waals surface area (Å²) in [6.45, 7) is 0.254. The molecule has 2 aromatic rings. The lowest BCUT2D eigenvalue weighted by Gasteiger charge is -2.18. The Morgan fingerprint density at radius 2 is 1.52 bits per heavy atom. The van der Waals surface area contributed by atoms with Crippen LogP contribution in [-0.4, -0.2) is 30.2 Å². The number of ether oxygens (including phenoxy) is 1. The van der Waals surface area contributed by atoms with E-state index < -0.39 is 11.9 Å². The van der Waals surface area contributed by atoms with Gasteiger partial charge < -0.3 is 9.64 Å². The number of carbonyl (C=O) groups excluding carboxylic acids is 4. The zero-order chi connectivity index (χ0) is 22.7. The van der Waals surface area contributed by atoms with Crippen molar-refractivity contribution in [2.75, 3.05) is 16.3 Å². The highest BCUT2D eigenvalue weighted by atomic mass is 16.5. The summed E-state index contributed by atoms with van der Waals surface area (Å²) in [4.78, 5) is 54.2. The molecular formula is C26H22N2O5. The molecule has 2 saturated heterocycles. The van der Waals surface area contributed by atoms with Crippen molar-refractivity contribution >= 4 is 35.1 Å². The molecular weight excluding hydrogens is 420 g/mol. The monoisotopic (exact) mass is 442 g/mol. The van der Waals surface area contributed by atoms with Crippen LogP contribution in [0.15, 0.2) is 66.7 Å². The van der Waals surface area contributed by atoms with Crippen molar-refractivity contribution in [3.05, 3.63) is 66.7 Å². The zero-order valence-electron chi connectivity index (χ0n) is 17.8. The zero-order valence-corrected chi connectivity index (χ0v) is 17.8. The van der Waals surface area contributed by atoms with Crippen molar-refractivity contribution in [1.29, 1.82) is 0 Å². The summed E-state index contributed by atoms with van der Waals surface area (Å²) in [5, 5.41) is 0. The Bertz CT molecular complexity index is 1180. The largest absolute Gasteiger partial charge is 0.426 e. The minimum absolute atomic E-state index is 0.0790. The average molecular weight is 442 g/mol. The number of fused-ring (bicyclic) bond motifs is 5. The number of hydrogen-bond donors (Lipinski definition) is 0. The highest BCUT2D eigenvalue weighted by Crippen LogP contribution is 2.53. The Morgan fingerprint density at radius 1 is 0.848 bits per heavy atom. The highest BCUT2D eigenvalue weighted by Gasteiger charge is 2.59. The van der Waals surface area contributed by atoms with E-state index in [1.165, 1.54) is 4.90 Å². The molecule has 2 aliphatic heterocycles. The minimum Gasteiger partial charge on any atom is -0.426 e. The topological polar surface area (TPSA) is 84.0 Å². The second-order valence-corrected chi connectivity index (χ2v) is 9.17. The number of esters is 1. The molecule has 0 unspecified atom stereocenters. The molecule has 2 bridgehead atoms. The summed E-state index contributed by atoms with van der Waals surface area (Å²) in [7, 11) is 0. The Kier molecular flexibility index (Phi) is 4.47. The molecule has 0 N–H and O–H groups in total. The maximum Gasteiger partial charge on any atom is 0.316 e. The number of benzene rings is 2. The molecule has 33 heavy (non-hydrogen) atoms. The lowest BCUT2D eigenvalue weighted by Crippen LogP contribution is -2.32. The van der Waals surface area contributed by atoms with Crippen LogP contribution >= 0.6 is 0 Å². The normalized spacial score (nSPS) is 29.8. The van der Waals surface area contributed by atoms with Gasteiger partial charge in [-0.1, -0.05) is 36.4 Å². The Labute approximate surface area is 190 Å². The number of hydrogen-bond acceptors (Lipinski definition) is 5. The Morgan fingerprint density at radius 3 is 2.21 bits per heavy atom. The first kappa shape index (κ1) is 19.9. The van der Waals surface area contributed by atoms with Gasteiger partial charge in [0, 0.05) is 24.7 Å². The van der Waals surface area contributed by atoms with Crippen LogP contribution < -0.4 is 14.5 Å². The second-order valence-electron chi connectivity index (χ2n) is 9.17. The molecule has 0 radical (unpaired) electrons. The van der Waals surface area contributed by atoms with Gasteiger partial charge in [-0.25, -0.2) is 4.90 Å². The van der Waals surface area contributed by atoms with Gasteiger partial charge in [0.1, 0.15) is 5.75 Å². The fourth-order valence-corrected chi connectivity index (χ4v) is 5.77. The fraction of sp³-hybridized carbons (Fsp3) is 0.308. The van der Waals surface area contributed by atoms with Crippen LogP contribution in [0.25, 0.3) is 0 Å². The smallest absolute Gasteiger partial charge is 0.316 e. The van der Waals surface area contributed by atoms with E-state index in [1.54, 1.807) is 29.2 Å². The van der Waals surface area contributed by atoms with Crippen molar-refractivity contribution in [3.63, 3.8) is 0 Å². The van der Waals surface area contributed by atoms with Crippen molar-refractivity contribution in [2.45, 2.75) is 12.8 Å². The summed E-state index contributed by atoms with van der Waals surface area (Å²) < 4.78 is 5.57. The average Bonchev–Trinajstić information content (AvgIpc) is 3.58. The molecule has 166 valence electrons. The summed E-state index contributed by atoms with van der Waals surface area (Å²) in [6.07, 6.45) is 5.06. The van der Waals surface area contributed by atoms with E-state index in [0.717, 1.165) is 12.1 Å². The van der Waals surface area contributed by atoms with Gasteiger partial charge in [0.15, 0.2) is 0 Å². The maximum atomic E-state index is 13.1. The lowest BCUT2D eigenvalue weighted by atomic mass is 9.85. The molecule has 4 aliphatic rings. The predicted octanol–water partition coefficient (Wildman–Crippen LogP) is 2.96. The third-order valence-electron chi connectivity index (χ3n) is 7.29. The molecule has 2 aromatic carbocycles. The van der Waals surface area contributed by atoms with E-state index in [-0.39, 0.29) is 60.1 Å². The molecule has 3 fully saturated rings. The van der Waals surface area contributed by atoms with Crippen LogP contribution in [0.4, 0.5) is 11.4 Å². The van der Waals surface area contributed by atoms with Gasteiger partial charge in [-0.15, -0.1) is 0 Å². The lowest BCUT2D eigenvalue weighted by molar-refractivity contribution is -0.139. The van der Waals surface area contributed by atoms with E-state index in [0.29, 0.717) is 5.69 Å². The van der Waals surface area contributed by atoms with Crippen LogP contribution in [0.1, 0.15) is 12.8 Å². The summed E-state index contributed by atoms with van der Waals surface area (Å²) in [6, 6.07) is 15.7. The Balaban J connectivity index is 1.17. The van der Waals surface area contributed by atoms with E-state index in [1.807, 2.05) is 30.3 Å². The third kappa shape index (κ3) is 3.10. The van der Waals surface area contributed by atoms with E-state index in [2.05, 4.69) is 12.2 Å². The van der Waals surface area contributed by atoms with Crippen LogP contribution in [0.5, 0.6) is 5.75 Å². The van der Waals surface area contributed by atoms with Gasteiger partial charge >= 0.3 is 5.97 Å². The number of carbonyl (C=O) groups is 4. The summed E-state index contributed by atoms with van der Waals surface area (Å²) in [5.41, 5.74) is 1.16. The second kappa shape index (κ2) is 7.40. The fourth-order valence-electron chi connectivity index (χ4n) is 5.77. The van der Waals surface area contributed by atoms with Crippen LogP contribution in [0, 0.1) is 29.6 Å². The standard InChI is InChI=1S/C26H22N2O5/c29-21-12-17(14-27(21)18-5-2-1-3-6-18)26(32)33-20-8-4-7-19(13-20)28-24(30)22-15-9-10-16(11-15)23(22)25(28)31/h1-10,13,15-17,22-23H,11-12,14H2/t15-,16+,17-,22+,23+/m1/s1. The number of para-hydroxylation sites is 1. The maximum absolute atomic E-state index is 13.1. The van der Waals surface area contributed by atoms with Crippen LogP contribution in [0.2, 0.25) is 0 Å². The molecule has 1 saturated carbocycles. The molecule has 2 aliphatic carbocycles. The van der Waals surface area contributed by atoms with Gasteiger partial charge in [0.25, 0.3) is 0 Å². The van der Waals surface area contributed by atoms with E-state index in [4.69, 9.17) is 4.74 Å². The molecule has 2 heterocycles. The van der Waals surface area contributed by atoms with Gasteiger partial charge in [-0.2, -0.15) is 0 Å². The first-order chi connectivity index (χ1) is 16.0. The highest BCUT2D eigenvalue weighted by molar-refractivity contribution is 6.22. The van der Waals surface area contributed by atoms with Crippen molar-refractivity contribution in [2.24, 2.45) is 29.6 Å². The molecule has 5 atom stereocenters. The number of anilines is 2. The number of nitrogens with zero attached hydrogens (tertiary/aromatic N) is 2. The number of imide groups is 1. The quantitative estimate of drug-likeness (QED) is 0.315. The van der Waals surface area contributed by atoms with Gasteiger partial charge in [0.2, 0.25) is 17.7 Å². The van der Waals surface area contributed by atoms with Gasteiger partial charge in [-0.3, -0.25) is 19.2 Å². The number of allylic oxidation sites excluding steroid dienone is 2. The molecule has 7 nitrogen and oxygen atoms in total. The van der Waals surface area contributed by atoms with E-state index >= 15 is 0 Å². The molecule has 0 spiro atoms. The van der Waals surface area contributed by atoms with Crippen molar-refractivity contribution in [1.82, 2.24) is 0 Å². The predicted molar refractivity (Wildman–Crippen MR) is 119 cm³/mol. The number of rotatable bonds is 4.